The molecular formula is C44H50N8O5S2. The van der Waals surface area contributed by atoms with Gasteiger partial charge in [-0.15, -0.1) is 22.7 Å². The Balaban J connectivity index is 0.000000165. The highest BCUT2D eigenvalue weighted by Crippen LogP contribution is 2.27. The quantitative estimate of drug-likeness (QED) is 0.162. The standard InChI is InChI=1S/C22H24N4O2S.C12H13N3O3.C10H13NS/c1-25-14-18-12-16(13-23-22(18)24-20(27)15-25)6-7-21(28)26-9-2-4-17(8-10-26)19-5-3-11-29-19;1-15-6-9-4-8(2-3-11(17)18)5-13-12(9)14-10(16)7-15;1-3-9(5-7-11-6-1)10-4-2-8-12-10/h3-7,11-13H,2,8-10,14-15H2,1H3,(H,23,24,27);2-5H,6-7H2,1H3,(H,17,18)(H,13,14,16);2-4,8,11H,1,5-7H2/b7-6+;3-2+;. The molecule has 4 aliphatic heterocycles. The van der Waals surface area contributed by atoms with Gasteiger partial charge in [0, 0.05) is 71.6 Å². The van der Waals surface area contributed by atoms with E-state index in [1.807, 2.05) is 52.3 Å². The van der Waals surface area contributed by atoms with E-state index in [1.165, 1.54) is 46.0 Å². The Morgan fingerprint density at radius 2 is 1.29 bits per heavy atom. The maximum Gasteiger partial charge on any atom is 0.328 e. The Morgan fingerprint density at radius 1 is 0.729 bits per heavy atom. The minimum Gasteiger partial charge on any atom is -0.478 e. The van der Waals surface area contributed by atoms with Crippen LogP contribution in [0.5, 0.6) is 0 Å². The van der Waals surface area contributed by atoms with Crippen LogP contribution in [0.4, 0.5) is 11.6 Å². The van der Waals surface area contributed by atoms with Crippen molar-refractivity contribution in [3.63, 3.8) is 0 Å². The number of nitrogens with one attached hydrogen (secondary N) is 3. The van der Waals surface area contributed by atoms with Crippen molar-refractivity contribution in [3.05, 3.63) is 116 Å². The minimum absolute atomic E-state index is 0.0196. The van der Waals surface area contributed by atoms with Gasteiger partial charge in [-0.05, 0) is 122 Å². The van der Waals surface area contributed by atoms with Crippen LogP contribution in [-0.4, -0.2) is 107 Å². The van der Waals surface area contributed by atoms with Gasteiger partial charge in [-0.1, -0.05) is 24.3 Å². The first-order chi connectivity index (χ1) is 28.6. The van der Waals surface area contributed by atoms with Gasteiger partial charge < -0.3 is 26.0 Å². The van der Waals surface area contributed by atoms with Crippen LogP contribution in [0.1, 0.15) is 57.7 Å². The molecule has 4 aliphatic rings. The average molecular weight is 835 g/mol. The van der Waals surface area contributed by atoms with E-state index in [0.29, 0.717) is 43.4 Å². The zero-order valence-electron chi connectivity index (χ0n) is 33.4. The molecule has 308 valence electrons. The summed E-state index contributed by atoms with van der Waals surface area (Å²) in [4.78, 5) is 63.4. The molecule has 0 atom stereocenters. The third kappa shape index (κ3) is 13.2. The fourth-order valence-electron chi connectivity index (χ4n) is 6.93. The van der Waals surface area contributed by atoms with Crippen molar-refractivity contribution in [1.29, 1.82) is 0 Å². The molecule has 0 aliphatic carbocycles. The number of aromatic nitrogens is 2. The number of thiophene rings is 2. The number of anilines is 2. The molecule has 4 aromatic heterocycles. The number of nitrogens with zero attached hydrogens (tertiary/aromatic N) is 5. The number of pyridine rings is 2. The molecule has 3 amide bonds. The summed E-state index contributed by atoms with van der Waals surface area (Å²) in [5.41, 5.74) is 6.23. The number of aliphatic carboxylic acids is 1. The molecule has 15 heteroatoms. The van der Waals surface area contributed by atoms with Gasteiger partial charge in [0.2, 0.25) is 17.7 Å². The van der Waals surface area contributed by atoms with E-state index in [4.69, 9.17) is 5.11 Å². The number of carbonyl (C=O) groups excluding carboxylic acids is 3. The van der Waals surface area contributed by atoms with Crippen LogP contribution in [0, 0.1) is 0 Å². The molecule has 0 aromatic carbocycles. The molecule has 4 aromatic rings. The predicted molar refractivity (Wildman–Crippen MR) is 237 cm³/mol. The van der Waals surface area contributed by atoms with Crippen molar-refractivity contribution in [2.45, 2.75) is 38.8 Å². The second kappa shape index (κ2) is 21.4. The lowest BCUT2D eigenvalue weighted by Crippen LogP contribution is -2.30. The van der Waals surface area contributed by atoms with Crippen LogP contribution in [-0.2, 0) is 32.3 Å². The summed E-state index contributed by atoms with van der Waals surface area (Å²) in [5.74, 6) is -0.00704. The maximum atomic E-state index is 12.7. The Bertz CT molecular complexity index is 2210. The number of rotatable bonds is 6. The van der Waals surface area contributed by atoms with Gasteiger partial charge in [0.1, 0.15) is 11.6 Å². The van der Waals surface area contributed by atoms with Gasteiger partial charge in [-0.2, -0.15) is 0 Å². The molecule has 0 saturated carbocycles. The van der Waals surface area contributed by atoms with Crippen LogP contribution < -0.4 is 16.0 Å². The van der Waals surface area contributed by atoms with Crippen LogP contribution in [0.3, 0.4) is 0 Å². The summed E-state index contributed by atoms with van der Waals surface area (Å²) in [6.07, 6.45) is 17.9. The molecule has 59 heavy (non-hydrogen) atoms. The van der Waals surface area contributed by atoms with Crippen LogP contribution >= 0.6 is 22.7 Å². The van der Waals surface area contributed by atoms with Crippen molar-refractivity contribution in [2.24, 2.45) is 0 Å². The van der Waals surface area contributed by atoms with Crippen LogP contribution in [0.2, 0.25) is 0 Å². The smallest absolute Gasteiger partial charge is 0.328 e. The highest BCUT2D eigenvalue weighted by atomic mass is 32.1. The van der Waals surface area contributed by atoms with Gasteiger partial charge in [-0.25, -0.2) is 14.8 Å². The minimum atomic E-state index is -1.00. The number of amides is 3. The van der Waals surface area contributed by atoms with E-state index in [0.717, 1.165) is 61.8 Å². The molecule has 8 rings (SSSR count). The van der Waals surface area contributed by atoms with Crippen molar-refractivity contribution in [1.82, 2.24) is 30.0 Å². The summed E-state index contributed by atoms with van der Waals surface area (Å²) in [6.45, 7) is 5.62. The topological polar surface area (TPSA) is 160 Å². The third-order valence-corrected chi connectivity index (χ3v) is 11.6. The molecule has 4 N–H and O–H groups in total. The van der Waals surface area contributed by atoms with E-state index in [-0.39, 0.29) is 17.7 Å². The number of hydrogen-bond donors (Lipinski definition) is 4. The molecule has 0 spiro atoms. The predicted octanol–water partition coefficient (Wildman–Crippen LogP) is 6.32. The van der Waals surface area contributed by atoms with E-state index in [2.05, 4.69) is 73.1 Å². The molecular weight excluding hydrogens is 785 g/mol. The summed E-state index contributed by atoms with van der Waals surface area (Å²) in [7, 11) is 3.74. The summed E-state index contributed by atoms with van der Waals surface area (Å²) in [6, 6.07) is 12.3. The van der Waals surface area contributed by atoms with Gasteiger partial charge in [0.15, 0.2) is 0 Å². The number of fused-ring (bicyclic) bond motifs is 2. The van der Waals surface area contributed by atoms with E-state index in [1.54, 1.807) is 29.7 Å². The number of carboxylic acids is 1. The summed E-state index contributed by atoms with van der Waals surface area (Å²) < 4.78 is 0. The largest absolute Gasteiger partial charge is 0.478 e. The van der Waals surface area contributed by atoms with Crippen molar-refractivity contribution in [2.75, 3.05) is 64.0 Å². The SMILES string of the molecule is C1=C(c2cccs2)CCNCC1.CN1CC(=O)Nc2ncc(/C=C/C(=O)N3CCC=C(c4cccs4)CC3)cc2C1.CN1CC(=O)Nc2ncc(/C=C/C(=O)O)cc2C1. The van der Waals surface area contributed by atoms with Crippen molar-refractivity contribution in [3.8, 4) is 0 Å². The van der Waals surface area contributed by atoms with Crippen LogP contribution in [0.25, 0.3) is 23.3 Å². The van der Waals surface area contributed by atoms with Crippen molar-refractivity contribution < 1.29 is 24.3 Å². The summed E-state index contributed by atoms with van der Waals surface area (Å²) in [5, 5.41) is 21.7. The Morgan fingerprint density at radius 3 is 1.85 bits per heavy atom. The fourth-order valence-corrected chi connectivity index (χ4v) is 8.52. The molecule has 0 unspecified atom stereocenters. The van der Waals surface area contributed by atoms with Gasteiger partial charge >= 0.3 is 5.97 Å². The number of carboxylic acid groups (broad SMARTS) is 1. The normalized spacial score (nSPS) is 17.6. The molecule has 0 radical (unpaired) electrons. The Hall–Kier alpha value is -5.58. The van der Waals surface area contributed by atoms with Gasteiger partial charge in [-0.3, -0.25) is 24.2 Å². The highest BCUT2D eigenvalue weighted by Gasteiger charge is 2.20. The lowest BCUT2D eigenvalue weighted by atomic mass is 10.1. The maximum absolute atomic E-state index is 12.7. The first-order valence-corrected chi connectivity index (χ1v) is 21.3. The van der Waals surface area contributed by atoms with E-state index < -0.39 is 5.97 Å². The monoisotopic (exact) mass is 834 g/mol. The first-order valence-electron chi connectivity index (χ1n) is 19.6. The third-order valence-electron chi connectivity index (χ3n) is 9.75. The Kier molecular flexibility index (Phi) is 15.6. The molecule has 0 fully saturated rings. The highest BCUT2D eigenvalue weighted by molar-refractivity contribution is 7.11. The second-order valence-electron chi connectivity index (χ2n) is 14.6. The second-order valence-corrected chi connectivity index (χ2v) is 16.5. The van der Waals surface area contributed by atoms with Crippen LogP contribution in [0.15, 0.2) is 83.9 Å². The fraction of sp³-hybridized carbons (Fsp3) is 0.318. The Labute approximate surface area is 352 Å². The molecule has 0 saturated heterocycles. The molecule has 8 heterocycles. The number of likely N-dealkylation sites (N-methyl/N-ethyl adjacent to an activating group) is 2. The summed E-state index contributed by atoms with van der Waals surface area (Å²) >= 11 is 3.59. The van der Waals surface area contributed by atoms with E-state index in [9.17, 15) is 19.2 Å². The van der Waals surface area contributed by atoms with Crippen molar-refractivity contribution >= 4 is 81.3 Å². The number of carbonyl (C=O) groups is 4. The first kappa shape index (κ1) is 43.0. The molecule has 0 bridgehead atoms. The number of hydrogen-bond acceptors (Lipinski definition) is 11. The average Bonchev–Trinajstić information content (AvgIpc) is 3.74. The van der Waals surface area contributed by atoms with E-state index >= 15 is 0 Å². The lowest BCUT2D eigenvalue weighted by molar-refractivity contribution is -0.131. The zero-order valence-corrected chi connectivity index (χ0v) is 35.0. The zero-order chi connectivity index (χ0) is 41.6. The molecule has 13 nitrogen and oxygen atoms in total. The lowest BCUT2D eigenvalue weighted by Gasteiger charge is -2.18. The van der Waals surface area contributed by atoms with Gasteiger partial charge in [0.05, 0.1) is 13.1 Å². The van der Waals surface area contributed by atoms with Gasteiger partial charge in [0.25, 0.3) is 0 Å².